The molecule has 0 saturated heterocycles. The van der Waals surface area contributed by atoms with Crippen LogP contribution in [0, 0.1) is 18.2 Å². The molecule has 30 heavy (non-hydrogen) atoms. The van der Waals surface area contributed by atoms with E-state index >= 15 is 0 Å². The van der Waals surface area contributed by atoms with Crippen LogP contribution in [0.5, 0.6) is 0 Å². The Labute approximate surface area is 180 Å². The van der Waals surface area contributed by atoms with E-state index < -0.39 is 0 Å². The molecule has 0 spiro atoms. The fourth-order valence-corrected chi connectivity index (χ4v) is 6.38. The van der Waals surface area contributed by atoms with Crippen molar-refractivity contribution in [2.45, 2.75) is 69.9 Å². The van der Waals surface area contributed by atoms with Gasteiger partial charge in [0.25, 0.3) is 0 Å². The number of aromatic nitrogens is 5. The van der Waals surface area contributed by atoms with Crippen LogP contribution in [0.3, 0.4) is 0 Å². The highest BCUT2D eigenvalue weighted by Crippen LogP contribution is 2.72. The average Bonchev–Trinajstić information content (AvgIpc) is 3.17. The molecule has 2 bridgehead atoms. The summed E-state index contributed by atoms with van der Waals surface area (Å²) in [6.07, 6.45) is 11.7. The van der Waals surface area contributed by atoms with Gasteiger partial charge in [0.15, 0.2) is 5.82 Å². The number of halogens is 2. The van der Waals surface area contributed by atoms with Crippen molar-refractivity contribution in [2.24, 2.45) is 5.41 Å². The molecule has 5 nitrogen and oxygen atoms in total. The topological polar surface area (TPSA) is 48.5 Å². The zero-order chi connectivity index (χ0) is 20.5. The molecule has 2 aromatic heterocycles. The molecule has 7 heteroatoms. The van der Waals surface area contributed by atoms with E-state index in [1.54, 1.807) is 6.07 Å². The quantitative estimate of drug-likeness (QED) is 0.590. The second-order valence-corrected chi connectivity index (χ2v) is 10.2. The number of hydrogen-bond acceptors (Lipinski definition) is 3. The van der Waals surface area contributed by atoms with Crippen molar-refractivity contribution in [3.8, 4) is 0 Å². The Morgan fingerprint density at radius 3 is 2.77 bits per heavy atom. The summed E-state index contributed by atoms with van der Waals surface area (Å²) in [4.78, 5) is 9.38. The molecule has 1 atom stereocenters. The van der Waals surface area contributed by atoms with Crippen LogP contribution in [-0.4, -0.2) is 24.3 Å². The van der Waals surface area contributed by atoms with Crippen molar-refractivity contribution < 1.29 is 4.39 Å². The zero-order valence-electron chi connectivity index (χ0n) is 17.1. The van der Waals surface area contributed by atoms with E-state index in [2.05, 4.69) is 20.4 Å². The van der Waals surface area contributed by atoms with Crippen LogP contribution < -0.4 is 0 Å². The van der Waals surface area contributed by atoms with Gasteiger partial charge in [0.1, 0.15) is 11.6 Å². The van der Waals surface area contributed by atoms with E-state index in [0.717, 1.165) is 55.1 Å². The molecular formula is C23H25ClFN5. The highest BCUT2D eigenvalue weighted by atomic mass is 35.5. The number of fused-ring (bicyclic) bond motifs is 1. The fourth-order valence-electron chi connectivity index (χ4n) is 6.15. The number of benzene rings is 1. The third-order valence-electron chi connectivity index (χ3n) is 7.36. The lowest BCUT2D eigenvalue weighted by Gasteiger charge is -2.71. The van der Waals surface area contributed by atoms with E-state index in [1.807, 2.05) is 19.3 Å². The van der Waals surface area contributed by atoms with Crippen LogP contribution in [0.25, 0.3) is 0 Å². The maximum absolute atomic E-state index is 14.0. The smallest absolute Gasteiger partial charge is 0.151 e. The number of nitrogens with zero attached hydrogens (tertiary/aromatic N) is 5. The highest BCUT2D eigenvalue weighted by Gasteiger charge is 2.68. The van der Waals surface area contributed by atoms with Crippen molar-refractivity contribution in [3.05, 3.63) is 64.5 Å². The summed E-state index contributed by atoms with van der Waals surface area (Å²) in [7, 11) is 0. The maximum atomic E-state index is 14.0. The van der Waals surface area contributed by atoms with Gasteiger partial charge in [0.2, 0.25) is 0 Å². The number of rotatable bonds is 4. The lowest BCUT2D eigenvalue weighted by atomic mass is 9.38. The SMILES string of the molecule is Cc1cn(C23CC(Cc4nc5n(n4)CCCC[C@H]5c4cc(F)cc(Cl)c4)(C2)C3)cn1. The largest absolute Gasteiger partial charge is 0.331 e. The molecule has 0 unspecified atom stereocenters. The standard InChI is InChI=1S/C23H25ClFN5/c1-15-10-29(14-26-15)23-11-22(12-23,13-23)9-20-27-21-19(4-2-3-5-30(21)28-20)16-6-17(24)8-18(25)7-16/h6-8,10,14,19H,2-5,9,11-13H2,1H3/t19-,22?,23?/m0/s1. The van der Waals surface area contributed by atoms with Gasteiger partial charge in [0.05, 0.1) is 12.0 Å². The third kappa shape index (κ3) is 2.83. The van der Waals surface area contributed by atoms with Crippen LogP contribution in [0.2, 0.25) is 5.02 Å². The zero-order valence-corrected chi connectivity index (χ0v) is 17.9. The summed E-state index contributed by atoms with van der Waals surface area (Å²) in [5.74, 6) is 1.67. The molecule has 3 saturated carbocycles. The van der Waals surface area contributed by atoms with E-state index in [1.165, 1.54) is 25.3 Å². The maximum Gasteiger partial charge on any atom is 0.151 e. The molecule has 4 aliphatic rings. The van der Waals surface area contributed by atoms with Gasteiger partial charge in [-0.2, -0.15) is 5.10 Å². The predicted molar refractivity (Wildman–Crippen MR) is 112 cm³/mol. The van der Waals surface area contributed by atoms with E-state index in [0.29, 0.717) is 10.4 Å². The summed E-state index contributed by atoms with van der Waals surface area (Å²) in [6, 6.07) is 4.83. The predicted octanol–water partition coefficient (Wildman–Crippen LogP) is 5.01. The molecule has 0 N–H and O–H groups in total. The molecule has 3 aromatic rings. The summed E-state index contributed by atoms with van der Waals surface area (Å²) in [5.41, 5.74) is 2.60. The first-order valence-corrected chi connectivity index (χ1v) is 11.2. The Bertz CT molecular complexity index is 1090. The molecule has 0 radical (unpaired) electrons. The van der Waals surface area contributed by atoms with Gasteiger partial charge in [-0.05, 0) is 68.2 Å². The van der Waals surface area contributed by atoms with Crippen molar-refractivity contribution in [2.75, 3.05) is 0 Å². The average molecular weight is 426 g/mol. The summed E-state index contributed by atoms with van der Waals surface area (Å²) < 4.78 is 18.4. The molecule has 3 aliphatic carbocycles. The second-order valence-electron chi connectivity index (χ2n) is 9.71. The molecule has 156 valence electrons. The lowest BCUT2D eigenvalue weighted by molar-refractivity contribution is -0.187. The van der Waals surface area contributed by atoms with Crippen molar-refractivity contribution >= 4 is 11.6 Å². The highest BCUT2D eigenvalue weighted by molar-refractivity contribution is 6.30. The van der Waals surface area contributed by atoms with Gasteiger partial charge < -0.3 is 4.57 Å². The Hall–Kier alpha value is -2.21. The van der Waals surface area contributed by atoms with Crippen molar-refractivity contribution in [1.29, 1.82) is 0 Å². The number of imidazole rings is 1. The third-order valence-corrected chi connectivity index (χ3v) is 7.58. The van der Waals surface area contributed by atoms with Crippen molar-refractivity contribution in [3.63, 3.8) is 0 Å². The molecular weight excluding hydrogens is 401 g/mol. The molecule has 1 aliphatic heterocycles. The molecule has 3 fully saturated rings. The fraction of sp³-hybridized carbons (Fsp3) is 0.522. The minimum absolute atomic E-state index is 0.0512. The summed E-state index contributed by atoms with van der Waals surface area (Å²) >= 11 is 6.14. The van der Waals surface area contributed by atoms with Crippen molar-refractivity contribution in [1.82, 2.24) is 24.3 Å². The van der Waals surface area contributed by atoms with Crippen LogP contribution in [-0.2, 0) is 18.5 Å². The first-order chi connectivity index (χ1) is 14.4. The lowest BCUT2D eigenvalue weighted by Crippen LogP contribution is -2.68. The minimum Gasteiger partial charge on any atom is -0.331 e. The van der Waals surface area contributed by atoms with Gasteiger partial charge in [0, 0.05) is 35.6 Å². The van der Waals surface area contributed by atoms with Gasteiger partial charge in [-0.15, -0.1) is 0 Å². The van der Waals surface area contributed by atoms with E-state index in [9.17, 15) is 4.39 Å². The second kappa shape index (κ2) is 6.39. The molecule has 3 heterocycles. The Kier molecular flexibility index (Phi) is 3.95. The monoisotopic (exact) mass is 425 g/mol. The van der Waals surface area contributed by atoms with Gasteiger partial charge in [-0.3, -0.25) is 0 Å². The van der Waals surface area contributed by atoms with Crippen LogP contribution in [0.15, 0.2) is 30.7 Å². The van der Waals surface area contributed by atoms with Gasteiger partial charge in [-0.1, -0.05) is 18.0 Å². The van der Waals surface area contributed by atoms with E-state index in [4.69, 9.17) is 21.7 Å². The first-order valence-electron chi connectivity index (χ1n) is 10.8. The number of aryl methyl sites for hydroxylation is 2. The summed E-state index contributed by atoms with van der Waals surface area (Å²) in [6.45, 7) is 2.93. The van der Waals surface area contributed by atoms with Crippen LogP contribution >= 0.6 is 11.6 Å². The Morgan fingerprint density at radius 1 is 1.20 bits per heavy atom. The minimum atomic E-state index is -0.290. The first kappa shape index (κ1) is 18.6. The molecule has 0 amide bonds. The van der Waals surface area contributed by atoms with Gasteiger partial charge >= 0.3 is 0 Å². The van der Waals surface area contributed by atoms with Crippen LogP contribution in [0.4, 0.5) is 4.39 Å². The van der Waals surface area contributed by atoms with Crippen LogP contribution in [0.1, 0.15) is 67.3 Å². The van der Waals surface area contributed by atoms with E-state index in [-0.39, 0.29) is 17.3 Å². The summed E-state index contributed by atoms with van der Waals surface area (Å²) in [5, 5.41) is 5.32. The molecule has 7 rings (SSSR count). The normalized spacial score (nSPS) is 29.6. The van der Waals surface area contributed by atoms with Gasteiger partial charge in [-0.25, -0.2) is 19.0 Å². The Balaban J connectivity index is 1.24. The number of hydrogen-bond donors (Lipinski definition) is 0. The Morgan fingerprint density at radius 2 is 2.03 bits per heavy atom. The molecule has 1 aromatic carbocycles.